The average Bonchev–Trinajstić information content (AvgIpc) is 2.35. The number of hydrogen-bond donors (Lipinski definition) is 2. The Bertz CT molecular complexity index is 544. The maximum Gasteiger partial charge on any atom is 0.244 e. The van der Waals surface area contributed by atoms with E-state index >= 15 is 0 Å². The summed E-state index contributed by atoms with van der Waals surface area (Å²) < 4.78 is 37.2. The minimum absolute atomic E-state index is 0.0456. The van der Waals surface area contributed by atoms with Gasteiger partial charge in [0.2, 0.25) is 10.0 Å². The third kappa shape index (κ3) is 4.07. The number of sulfonamides is 1. The average molecular weight is 354 g/mol. The SMILES string of the molecule is COc1cc(S(=O)(=O)NC[C@@H](C)O)c(OC)cc1Br. The van der Waals surface area contributed by atoms with Gasteiger partial charge in [-0.25, -0.2) is 13.1 Å². The van der Waals surface area contributed by atoms with E-state index in [1.807, 2.05) is 0 Å². The maximum absolute atomic E-state index is 12.1. The Morgan fingerprint density at radius 2 is 1.89 bits per heavy atom. The quantitative estimate of drug-likeness (QED) is 0.800. The van der Waals surface area contributed by atoms with Gasteiger partial charge < -0.3 is 14.6 Å². The summed E-state index contributed by atoms with van der Waals surface area (Å²) in [6, 6.07) is 2.86. The first-order valence-electron chi connectivity index (χ1n) is 5.41. The number of ether oxygens (including phenoxy) is 2. The molecule has 0 heterocycles. The summed E-state index contributed by atoms with van der Waals surface area (Å²) in [5, 5.41) is 9.14. The molecule has 108 valence electrons. The van der Waals surface area contributed by atoms with Crippen LogP contribution in [0.5, 0.6) is 11.5 Å². The highest BCUT2D eigenvalue weighted by atomic mass is 79.9. The normalized spacial score (nSPS) is 13.1. The summed E-state index contributed by atoms with van der Waals surface area (Å²) in [5.41, 5.74) is 0. The van der Waals surface area contributed by atoms with E-state index in [1.165, 1.54) is 33.3 Å². The van der Waals surface area contributed by atoms with E-state index in [1.54, 1.807) is 0 Å². The molecular weight excluding hydrogens is 338 g/mol. The highest BCUT2D eigenvalue weighted by molar-refractivity contribution is 9.10. The van der Waals surface area contributed by atoms with Crippen molar-refractivity contribution in [2.24, 2.45) is 0 Å². The highest BCUT2D eigenvalue weighted by Gasteiger charge is 2.22. The van der Waals surface area contributed by atoms with Gasteiger partial charge in [-0.2, -0.15) is 0 Å². The van der Waals surface area contributed by atoms with Crippen LogP contribution in [-0.4, -0.2) is 40.4 Å². The zero-order valence-electron chi connectivity index (χ0n) is 10.8. The zero-order valence-corrected chi connectivity index (χ0v) is 13.2. The van der Waals surface area contributed by atoms with Crippen LogP contribution >= 0.6 is 15.9 Å². The molecule has 1 aromatic rings. The van der Waals surface area contributed by atoms with E-state index in [-0.39, 0.29) is 17.2 Å². The Kier molecular flexibility index (Phi) is 5.60. The Morgan fingerprint density at radius 1 is 1.32 bits per heavy atom. The molecule has 0 fully saturated rings. The Hall–Kier alpha value is -0.830. The van der Waals surface area contributed by atoms with Gasteiger partial charge in [0, 0.05) is 12.6 Å². The molecule has 1 atom stereocenters. The van der Waals surface area contributed by atoms with Crippen LogP contribution in [0.4, 0.5) is 0 Å². The summed E-state index contributed by atoms with van der Waals surface area (Å²) in [5.74, 6) is 0.559. The van der Waals surface area contributed by atoms with E-state index in [0.717, 1.165) is 0 Å². The predicted octanol–water partition coefficient (Wildman–Crippen LogP) is 1.13. The molecule has 6 nitrogen and oxygen atoms in total. The molecule has 0 saturated heterocycles. The fourth-order valence-corrected chi connectivity index (χ4v) is 3.12. The third-order valence-corrected chi connectivity index (χ3v) is 4.36. The number of rotatable bonds is 6. The topological polar surface area (TPSA) is 84.9 Å². The lowest BCUT2D eigenvalue weighted by Crippen LogP contribution is -2.30. The summed E-state index contributed by atoms with van der Waals surface area (Å²) in [4.78, 5) is -0.0456. The van der Waals surface area contributed by atoms with Crippen molar-refractivity contribution in [3.05, 3.63) is 16.6 Å². The largest absolute Gasteiger partial charge is 0.496 e. The molecule has 0 aromatic heterocycles. The summed E-state index contributed by atoms with van der Waals surface area (Å²) in [7, 11) is -0.970. The second kappa shape index (κ2) is 6.56. The van der Waals surface area contributed by atoms with Gasteiger partial charge in [0.25, 0.3) is 0 Å². The molecule has 0 aliphatic heterocycles. The van der Waals surface area contributed by atoms with Crippen LogP contribution in [0.15, 0.2) is 21.5 Å². The molecule has 19 heavy (non-hydrogen) atoms. The Balaban J connectivity index is 3.24. The van der Waals surface area contributed by atoms with Crippen LogP contribution in [0.2, 0.25) is 0 Å². The molecule has 0 aliphatic rings. The van der Waals surface area contributed by atoms with Gasteiger partial charge >= 0.3 is 0 Å². The summed E-state index contributed by atoms with van der Waals surface area (Å²) >= 11 is 3.25. The van der Waals surface area contributed by atoms with E-state index in [0.29, 0.717) is 10.2 Å². The van der Waals surface area contributed by atoms with Gasteiger partial charge in [-0.1, -0.05) is 0 Å². The number of benzene rings is 1. The fraction of sp³-hybridized carbons (Fsp3) is 0.455. The molecule has 0 bridgehead atoms. The minimum Gasteiger partial charge on any atom is -0.496 e. The lowest BCUT2D eigenvalue weighted by atomic mass is 10.3. The number of aliphatic hydroxyl groups is 1. The fourth-order valence-electron chi connectivity index (χ4n) is 1.35. The van der Waals surface area contributed by atoms with Crippen LogP contribution in [0.1, 0.15) is 6.92 Å². The number of halogens is 1. The lowest BCUT2D eigenvalue weighted by Gasteiger charge is -2.14. The first-order chi connectivity index (χ1) is 8.81. The van der Waals surface area contributed by atoms with Crippen LogP contribution < -0.4 is 14.2 Å². The highest BCUT2D eigenvalue weighted by Crippen LogP contribution is 2.35. The van der Waals surface area contributed by atoms with Crippen LogP contribution in [0, 0.1) is 0 Å². The molecule has 0 saturated carbocycles. The molecule has 1 aromatic carbocycles. The predicted molar refractivity (Wildman–Crippen MR) is 74.1 cm³/mol. The zero-order chi connectivity index (χ0) is 14.6. The molecule has 0 unspecified atom stereocenters. The summed E-state index contributed by atoms with van der Waals surface area (Å²) in [6.07, 6.45) is -0.780. The first kappa shape index (κ1) is 16.2. The monoisotopic (exact) mass is 353 g/mol. The lowest BCUT2D eigenvalue weighted by molar-refractivity contribution is 0.198. The first-order valence-corrected chi connectivity index (χ1v) is 7.68. The second-order valence-corrected chi connectivity index (χ2v) is 6.43. The van der Waals surface area contributed by atoms with Crippen molar-refractivity contribution in [2.45, 2.75) is 17.9 Å². The van der Waals surface area contributed by atoms with Gasteiger partial charge in [-0.15, -0.1) is 0 Å². The van der Waals surface area contributed by atoms with Gasteiger partial charge in [0.1, 0.15) is 16.4 Å². The maximum atomic E-state index is 12.1. The van der Waals surface area contributed by atoms with Crippen molar-refractivity contribution in [3.8, 4) is 11.5 Å². The van der Waals surface area contributed by atoms with Crippen molar-refractivity contribution in [1.29, 1.82) is 0 Å². The molecule has 2 N–H and O–H groups in total. The van der Waals surface area contributed by atoms with Gasteiger partial charge in [-0.3, -0.25) is 0 Å². The van der Waals surface area contributed by atoms with E-state index < -0.39 is 16.1 Å². The van der Waals surface area contributed by atoms with Gasteiger partial charge in [-0.05, 0) is 28.9 Å². The van der Waals surface area contributed by atoms with Crippen molar-refractivity contribution in [3.63, 3.8) is 0 Å². The third-order valence-electron chi connectivity index (χ3n) is 2.30. The van der Waals surface area contributed by atoms with E-state index in [9.17, 15) is 8.42 Å². The number of hydrogen-bond acceptors (Lipinski definition) is 5. The van der Waals surface area contributed by atoms with E-state index in [4.69, 9.17) is 14.6 Å². The molecule has 0 aliphatic carbocycles. The van der Waals surface area contributed by atoms with Crippen molar-refractivity contribution in [2.75, 3.05) is 20.8 Å². The van der Waals surface area contributed by atoms with Crippen LogP contribution in [-0.2, 0) is 10.0 Å². The Labute approximate surface area is 120 Å². The molecular formula is C11H16BrNO5S. The summed E-state index contributed by atoms with van der Waals surface area (Å²) in [6.45, 7) is 1.41. The van der Waals surface area contributed by atoms with Crippen molar-refractivity contribution in [1.82, 2.24) is 4.72 Å². The smallest absolute Gasteiger partial charge is 0.244 e. The molecule has 0 amide bonds. The minimum atomic E-state index is -3.78. The number of methoxy groups -OCH3 is 2. The molecule has 0 spiro atoms. The van der Waals surface area contributed by atoms with Crippen molar-refractivity contribution < 1.29 is 23.0 Å². The van der Waals surface area contributed by atoms with Gasteiger partial charge in [0.15, 0.2) is 0 Å². The second-order valence-electron chi connectivity index (χ2n) is 3.84. The van der Waals surface area contributed by atoms with Crippen LogP contribution in [0.3, 0.4) is 0 Å². The molecule has 0 radical (unpaired) electrons. The standard InChI is InChI=1S/C11H16BrNO5S/c1-7(14)6-13-19(15,16)11-5-9(17-2)8(12)4-10(11)18-3/h4-5,7,13-14H,6H2,1-3H3/t7-/m1/s1. The van der Waals surface area contributed by atoms with Gasteiger partial charge in [0.05, 0.1) is 24.8 Å². The number of nitrogens with one attached hydrogen (secondary N) is 1. The van der Waals surface area contributed by atoms with E-state index in [2.05, 4.69) is 20.7 Å². The van der Waals surface area contributed by atoms with Crippen molar-refractivity contribution >= 4 is 26.0 Å². The van der Waals surface area contributed by atoms with Crippen LogP contribution in [0.25, 0.3) is 0 Å². The number of aliphatic hydroxyl groups excluding tert-OH is 1. The molecule has 1 rings (SSSR count). The Morgan fingerprint density at radius 3 is 2.37 bits per heavy atom. The molecule has 8 heteroatoms.